The molecule has 0 radical (unpaired) electrons. The first-order valence-corrected chi connectivity index (χ1v) is 8.16. The third-order valence-corrected chi connectivity index (χ3v) is 5.64. The number of nitrogens with zero attached hydrogens (tertiary/aromatic N) is 1. The molecule has 2 aliphatic rings. The molecule has 0 aromatic heterocycles. The molecule has 2 rings (SSSR count). The van der Waals surface area contributed by atoms with Crippen molar-refractivity contribution in [3.05, 3.63) is 0 Å². The second-order valence-electron chi connectivity index (χ2n) is 5.39. The quantitative estimate of drug-likeness (QED) is 0.782. The third-order valence-electron chi connectivity index (χ3n) is 4.31. The van der Waals surface area contributed by atoms with Crippen LogP contribution in [-0.4, -0.2) is 23.5 Å². The molecule has 1 saturated carbocycles. The van der Waals surface area contributed by atoms with Gasteiger partial charge in [-0.15, -0.1) is 0 Å². The van der Waals surface area contributed by atoms with Crippen molar-refractivity contribution in [1.82, 2.24) is 5.32 Å². The monoisotopic (exact) mass is 254 g/mol. The van der Waals surface area contributed by atoms with Crippen molar-refractivity contribution in [3.63, 3.8) is 0 Å². The number of amidine groups is 1. The van der Waals surface area contributed by atoms with Crippen molar-refractivity contribution in [2.45, 2.75) is 57.6 Å². The molecule has 98 valence electrons. The molecule has 1 aliphatic carbocycles. The Morgan fingerprint density at radius 3 is 2.71 bits per heavy atom. The molecule has 1 heterocycles. The van der Waals surface area contributed by atoms with Crippen LogP contribution in [-0.2, 0) is 0 Å². The second kappa shape index (κ2) is 6.67. The lowest BCUT2D eigenvalue weighted by Crippen LogP contribution is -2.25. The topological polar surface area (TPSA) is 24.4 Å². The first-order valence-electron chi connectivity index (χ1n) is 7.28. The average molecular weight is 254 g/mol. The van der Waals surface area contributed by atoms with Gasteiger partial charge in [-0.3, -0.25) is 4.99 Å². The summed E-state index contributed by atoms with van der Waals surface area (Å²) in [4.78, 5) is 4.64. The minimum Gasteiger partial charge on any atom is -0.365 e. The summed E-state index contributed by atoms with van der Waals surface area (Å²) in [5.74, 6) is 1.85. The van der Waals surface area contributed by atoms with E-state index in [2.05, 4.69) is 24.2 Å². The number of nitrogens with one attached hydrogen (secondary N) is 1. The third kappa shape index (κ3) is 3.64. The van der Waals surface area contributed by atoms with Gasteiger partial charge in [0, 0.05) is 11.8 Å². The number of thioether (sulfide) groups is 1. The maximum absolute atomic E-state index is 4.64. The highest BCUT2D eigenvalue weighted by atomic mass is 32.2. The molecule has 1 N–H and O–H groups in total. The second-order valence-corrected chi connectivity index (χ2v) is 6.62. The smallest absolute Gasteiger partial charge is 0.156 e. The summed E-state index contributed by atoms with van der Waals surface area (Å²) in [7, 11) is 0. The van der Waals surface area contributed by atoms with Crippen molar-refractivity contribution in [2.75, 3.05) is 13.1 Å². The maximum Gasteiger partial charge on any atom is 0.156 e. The van der Waals surface area contributed by atoms with Crippen molar-refractivity contribution < 1.29 is 0 Å². The highest BCUT2D eigenvalue weighted by molar-refractivity contribution is 8.14. The SMILES string of the molecule is CCC(CC)C1CN=C(NCCC2CCC2)S1. The van der Waals surface area contributed by atoms with Gasteiger partial charge in [-0.2, -0.15) is 0 Å². The van der Waals surface area contributed by atoms with Crippen LogP contribution < -0.4 is 5.32 Å². The van der Waals surface area contributed by atoms with Crippen LogP contribution in [0.4, 0.5) is 0 Å². The van der Waals surface area contributed by atoms with Crippen molar-refractivity contribution in [1.29, 1.82) is 0 Å². The first kappa shape index (κ1) is 13.3. The fourth-order valence-corrected chi connectivity index (χ4v) is 4.06. The Bertz CT molecular complexity index is 257. The lowest BCUT2D eigenvalue weighted by atomic mass is 9.83. The highest BCUT2D eigenvalue weighted by Crippen LogP contribution is 2.31. The van der Waals surface area contributed by atoms with Crippen molar-refractivity contribution >= 4 is 16.9 Å². The van der Waals surface area contributed by atoms with E-state index in [0.29, 0.717) is 0 Å². The fraction of sp³-hybridized carbons (Fsp3) is 0.929. The molecule has 1 aliphatic heterocycles. The lowest BCUT2D eigenvalue weighted by Gasteiger charge is -2.25. The van der Waals surface area contributed by atoms with Gasteiger partial charge in [0.2, 0.25) is 0 Å². The van der Waals surface area contributed by atoms with Gasteiger partial charge in [0.1, 0.15) is 0 Å². The minimum atomic E-state index is 0.733. The largest absolute Gasteiger partial charge is 0.365 e. The molecule has 1 unspecified atom stereocenters. The standard InChI is InChI=1S/C14H26N2S/c1-3-12(4-2)13-10-16-14(17-13)15-9-8-11-6-5-7-11/h11-13H,3-10H2,1-2H3,(H,15,16). The summed E-state index contributed by atoms with van der Waals surface area (Å²) >= 11 is 1.98. The van der Waals surface area contributed by atoms with Crippen LogP contribution in [0.25, 0.3) is 0 Å². The van der Waals surface area contributed by atoms with Crippen LogP contribution in [0.1, 0.15) is 52.4 Å². The zero-order valence-electron chi connectivity index (χ0n) is 11.2. The normalized spacial score (nSPS) is 24.9. The van der Waals surface area contributed by atoms with Gasteiger partial charge >= 0.3 is 0 Å². The molecule has 0 saturated heterocycles. The Labute approximate surface area is 110 Å². The van der Waals surface area contributed by atoms with E-state index in [1.54, 1.807) is 0 Å². The van der Waals surface area contributed by atoms with Gasteiger partial charge in [-0.1, -0.05) is 57.7 Å². The molecule has 0 amide bonds. The van der Waals surface area contributed by atoms with E-state index in [9.17, 15) is 0 Å². The number of hydrogen-bond donors (Lipinski definition) is 1. The molecular formula is C14H26N2S. The van der Waals surface area contributed by atoms with Gasteiger partial charge in [0.25, 0.3) is 0 Å². The number of rotatable bonds is 6. The summed E-state index contributed by atoms with van der Waals surface area (Å²) in [6.45, 7) is 6.77. The van der Waals surface area contributed by atoms with Crippen LogP contribution in [0.5, 0.6) is 0 Å². The number of hydrogen-bond acceptors (Lipinski definition) is 3. The molecule has 3 heteroatoms. The summed E-state index contributed by atoms with van der Waals surface area (Å²) in [5.41, 5.74) is 0. The van der Waals surface area contributed by atoms with Crippen LogP contribution in [0.15, 0.2) is 4.99 Å². The average Bonchev–Trinajstić information content (AvgIpc) is 2.72. The molecule has 0 spiro atoms. The predicted molar refractivity (Wildman–Crippen MR) is 77.7 cm³/mol. The Morgan fingerprint density at radius 2 is 2.12 bits per heavy atom. The Kier molecular flexibility index (Phi) is 5.20. The van der Waals surface area contributed by atoms with Crippen LogP contribution in [0.2, 0.25) is 0 Å². The molecule has 0 aromatic carbocycles. The molecule has 1 atom stereocenters. The van der Waals surface area contributed by atoms with E-state index in [1.165, 1.54) is 43.7 Å². The van der Waals surface area contributed by atoms with Gasteiger partial charge < -0.3 is 5.32 Å². The van der Waals surface area contributed by atoms with Crippen LogP contribution >= 0.6 is 11.8 Å². The van der Waals surface area contributed by atoms with Gasteiger partial charge in [-0.05, 0) is 18.3 Å². The zero-order chi connectivity index (χ0) is 12.1. The van der Waals surface area contributed by atoms with Gasteiger partial charge in [0.15, 0.2) is 5.17 Å². The van der Waals surface area contributed by atoms with Gasteiger partial charge in [-0.25, -0.2) is 0 Å². The van der Waals surface area contributed by atoms with Crippen LogP contribution in [0.3, 0.4) is 0 Å². The van der Waals surface area contributed by atoms with Gasteiger partial charge in [0.05, 0.1) is 6.54 Å². The summed E-state index contributed by atoms with van der Waals surface area (Å²) in [6.07, 6.45) is 8.29. The Morgan fingerprint density at radius 1 is 1.35 bits per heavy atom. The molecule has 1 fully saturated rings. The first-order chi connectivity index (χ1) is 8.33. The van der Waals surface area contributed by atoms with Crippen molar-refractivity contribution in [2.24, 2.45) is 16.8 Å². The van der Waals surface area contributed by atoms with E-state index in [-0.39, 0.29) is 0 Å². The lowest BCUT2D eigenvalue weighted by molar-refractivity contribution is 0.297. The number of aliphatic imine (C=N–C) groups is 1. The molecule has 0 bridgehead atoms. The predicted octanol–water partition coefficient (Wildman–Crippen LogP) is 3.67. The Hall–Kier alpha value is -0.180. The molecule has 2 nitrogen and oxygen atoms in total. The van der Waals surface area contributed by atoms with E-state index in [0.717, 1.165) is 30.2 Å². The molecular weight excluding hydrogens is 228 g/mol. The highest BCUT2D eigenvalue weighted by Gasteiger charge is 2.26. The maximum atomic E-state index is 4.64. The summed E-state index contributed by atoms with van der Waals surface area (Å²) in [6, 6.07) is 0. The summed E-state index contributed by atoms with van der Waals surface area (Å²) in [5, 5.41) is 5.47. The minimum absolute atomic E-state index is 0.733. The molecule has 17 heavy (non-hydrogen) atoms. The van der Waals surface area contributed by atoms with E-state index in [4.69, 9.17) is 0 Å². The molecule has 0 aromatic rings. The van der Waals surface area contributed by atoms with E-state index >= 15 is 0 Å². The van der Waals surface area contributed by atoms with E-state index < -0.39 is 0 Å². The fourth-order valence-electron chi connectivity index (χ4n) is 2.71. The Balaban J connectivity index is 1.62. The van der Waals surface area contributed by atoms with Crippen LogP contribution in [0, 0.1) is 11.8 Å². The summed E-state index contributed by atoms with van der Waals surface area (Å²) < 4.78 is 0. The van der Waals surface area contributed by atoms with E-state index in [1.807, 2.05) is 11.8 Å². The van der Waals surface area contributed by atoms with Crippen molar-refractivity contribution in [3.8, 4) is 0 Å². The zero-order valence-corrected chi connectivity index (χ0v) is 12.1.